The molecule has 1 aliphatic heterocycles. The molecule has 0 aromatic carbocycles. The third kappa shape index (κ3) is 1.38. The predicted octanol–water partition coefficient (Wildman–Crippen LogP) is 1.10. The summed E-state index contributed by atoms with van der Waals surface area (Å²) >= 11 is 2.37. The van der Waals surface area contributed by atoms with Crippen LogP contribution in [0.5, 0.6) is 0 Å². The molecule has 1 fully saturated rings. The number of ether oxygens (including phenoxy) is 1. The molecular formula is C6H12INO. The van der Waals surface area contributed by atoms with E-state index in [0.29, 0.717) is 5.54 Å². The molecule has 0 unspecified atom stereocenters. The Balaban J connectivity index is 2.38. The Labute approximate surface area is 69.7 Å². The van der Waals surface area contributed by atoms with Gasteiger partial charge in [-0.1, -0.05) is 22.6 Å². The molecule has 0 radical (unpaired) electrons. The highest BCUT2D eigenvalue weighted by Crippen LogP contribution is 2.22. The summed E-state index contributed by atoms with van der Waals surface area (Å²) in [7, 11) is 2.13. The molecule has 1 aliphatic rings. The first-order chi connectivity index (χ1) is 4.19. The monoisotopic (exact) mass is 241 g/mol. The van der Waals surface area contributed by atoms with Crippen molar-refractivity contribution in [2.45, 2.75) is 12.5 Å². The molecule has 1 rings (SSSR count). The molecule has 0 saturated carbocycles. The van der Waals surface area contributed by atoms with Crippen molar-refractivity contribution in [3.63, 3.8) is 0 Å². The number of likely N-dealkylation sites (N-methyl/N-ethyl adjacent to an activating group) is 1. The second-order valence-corrected chi connectivity index (χ2v) is 3.49. The zero-order valence-corrected chi connectivity index (χ0v) is 8.01. The Hall–Kier alpha value is 0.650. The van der Waals surface area contributed by atoms with Crippen molar-refractivity contribution >= 4 is 22.6 Å². The minimum absolute atomic E-state index is 0.335. The van der Waals surface area contributed by atoms with Gasteiger partial charge >= 0.3 is 0 Å². The van der Waals surface area contributed by atoms with E-state index in [-0.39, 0.29) is 0 Å². The molecule has 0 aromatic heterocycles. The van der Waals surface area contributed by atoms with E-state index in [0.717, 1.165) is 17.8 Å². The van der Waals surface area contributed by atoms with Crippen molar-refractivity contribution in [2.24, 2.45) is 0 Å². The summed E-state index contributed by atoms with van der Waals surface area (Å²) in [5.41, 5.74) is 0.335. The van der Waals surface area contributed by atoms with Crippen molar-refractivity contribution < 1.29 is 4.74 Å². The molecule has 54 valence electrons. The standard InChI is InChI=1S/C6H12INO/c1-6(3-9-4-6)8(2)5-7/h3-5H2,1-2H3. The lowest BCUT2D eigenvalue weighted by molar-refractivity contribution is -0.114. The highest BCUT2D eigenvalue weighted by atomic mass is 127. The molecule has 0 spiro atoms. The molecule has 0 N–H and O–H groups in total. The van der Waals surface area contributed by atoms with Crippen molar-refractivity contribution in [1.82, 2.24) is 4.90 Å². The Morgan fingerprint density at radius 1 is 1.67 bits per heavy atom. The van der Waals surface area contributed by atoms with Gasteiger partial charge in [-0.05, 0) is 14.0 Å². The number of alkyl halides is 1. The fraction of sp³-hybridized carbons (Fsp3) is 1.00. The minimum atomic E-state index is 0.335. The fourth-order valence-corrected chi connectivity index (χ4v) is 1.59. The average molecular weight is 241 g/mol. The van der Waals surface area contributed by atoms with Gasteiger partial charge in [0.1, 0.15) is 0 Å². The number of halogens is 1. The predicted molar refractivity (Wildman–Crippen MR) is 45.9 cm³/mol. The van der Waals surface area contributed by atoms with E-state index in [1.54, 1.807) is 0 Å². The molecule has 0 amide bonds. The maximum absolute atomic E-state index is 5.12. The number of hydrogen-bond acceptors (Lipinski definition) is 2. The van der Waals surface area contributed by atoms with Crippen LogP contribution in [0.25, 0.3) is 0 Å². The average Bonchev–Trinajstić information content (AvgIpc) is 1.81. The summed E-state index contributed by atoms with van der Waals surface area (Å²) in [4.78, 5) is 2.32. The van der Waals surface area contributed by atoms with Crippen LogP contribution in [0, 0.1) is 0 Å². The second kappa shape index (κ2) is 2.72. The lowest BCUT2D eigenvalue weighted by Gasteiger charge is -2.44. The third-order valence-electron chi connectivity index (χ3n) is 1.93. The van der Waals surface area contributed by atoms with Crippen LogP contribution in [-0.2, 0) is 4.74 Å². The third-order valence-corrected chi connectivity index (χ3v) is 2.95. The molecule has 0 aromatic rings. The summed E-state index contributed by atoms with van der Waals surface area (Å²) in [6.45, 7) is 4.02. The fourth-order valence-electron chi connectivity index (χ4n) is 0.762. The molecule has 0 aliphatic carbocycles. The van der Waals surface area contributed by atoms with Gasteiger partial charge < -0.3 is 4.74 Å². The summed E-state index contributed by atoms with van der Waals surface area (Å²) in [5, 5.41) is 0. The van der Waals surface area contributed by atoms with Gasteiger partial charge in [0.15, 0.2) is 0 Å². The summed E-state index contributed by atoms with van der Waals surface area (Å²) in [5.74, 6) is 0. The lowest BCUT2D eigenvalue weighted by atomic mass is 10.00. The maximum atomic E-state index is 5.12. The Morgan fingerprint density at radius 3 is 2.33 bits per heavy atom. The van der Waals surface area contributed by atoms with Crippen molar-refractivity contribution in [2.75, 3.05) is 24.8 Å². The zero-order valence-electron chi connectivity index (χ0n) is 5.85. The maximum Gasteiger partial charge on any atom is 0.0671 e. The van der Waals surface area contributed by atoms with Crippen LogP contribution >= 0.6 is 22.6 Å². The first-order valence-corrected chi connectivity index (χ1v) is 4.56. The molecule has 1 saturated heterocycles. The van der Waals surface area contributed by atoms with Gasteiger partial charge in [0.2, 0.25) is 0 Å². The Kier molecular flexibility index (Phi) is 2.34. The molecular weight excluding hydrogens is 229 g/mol. The first kappa shape index (κ1) is 7.75. The SMILES string of the molecule is CN(CI)C1(C)COC1. The van der Waals surface area contributed by atoms with E-state index in [1.165, 1.54) is 0 Å². The van der Waals surface area contributed by atoms with E-state index >= 15 is 0 Å². The van der Waals surface area contributed by atoms with E-state index in [4.69, 9.17) is 4.74 Å². The van der Waals surface area contributed by atoms with Crippen LogP contribution in [0.4, 0.5) is 0 Å². The number of nitrogens with zero attached hydrogens (tertiary/aromatic N) is 1. The Bertz CT molecular complexity index is 103. The number of hydrogen-bond donors (Lipinski definition) is 0. The zero-order chi connectivity index (χ0) is 6.91. The van der Waals surface area contributed by atoms with Crippen LogP contribution < -0.4 is 0 Å². The second-order valence-electron chi connectivity index (χ2n) is 2.81. The van der Waals surface area contributed by atoms with Crippen LogP contribution in [0.15, 0.2) is 0 Å². The number of rotatable bonds is 2. The van der Waals surface area contributed by atoms with Crippen molar-refractivity contribution in [3.8, 4) is 0 Å². The van der Waals surface area contributed by atoms with Gasteiger partial charge in [-0.25, -0.2) is 0 Å². The van der Waals surface area contributed by atoms with E-state index in [9.17, 15) is 0 Å². The molecule has 9 heavy (non-hydrogen) atoms. The lowest BCUT2D eigenvalue weighted by Crippen LogP contribution is -2.58. The Morgan fingerprint density at radius 2 is 2.22 bits per heavy atom. The van der Waals surface area contributed by atoms with Crippen LogP contribution in [0.1, 0.15) is 6.92 Å². The van der Waals surface area contributed by atoms with Gasteiger partial charge in [0, 0.05) is 0 Å². The highest BCUT2D eigenvalue weighted by molar-refractivity contribution is 14.1. The molecule has 3 heteroatoms. The smallest absolute Gasteiger partial charge is 0.0671 e. The summed E-state index contributed by atoms with van der Waals surface area (Å²) < 4.78 is 6.20. The van der Waals surface area contributed by atoms with Crippen molar-refractivity contribution in [1.29, 1.82) is 0 Å². The van der Waals surface area contributed by atoms with Crippen LogP contribution in [-0.4, -0.2) is 35.3 Å². The van der Waals surface area contributed by atoms with Crippen molar-refractivity contribution in [3.05, 3.63) is 0 Å². The van der Waals surface area contributed by atoms with Crippen LogP contribution in [0.3, 0.4) is 0 Å². The van der Waals surface area contributed by atoms with Gasteiger partial charge in [-0.3, -0.25) is 4.90 Å². The molecule has 0 bridgehead atoms. The van der Waals surface area contributed by atoms with E-state index in [1.807, 2.05) is 0 Å². The van der Waals surface area contributed by atoms with Crippen LogP contribution in [0.2, 0.25) is 0 Å². The topological polar surface area (TPSA) is 12.5 Å². The highest BCUT2D eigenvalue weighted by Gasteiger charge is 2.36. The first-order valence-electron chi connectivity index (χ1n) is 3.04. The summed E-state index contributed by atoms with van der Waals surface area (Å²) in [6.07, 6.45) is 0. The van der Waals surface area contributed by atoms with Gasteiger partial charge in [-0.2, -0.15) is 0 Å². The molecule has 2 nitrogen and oxygen atoms in total. The summed E-state index contributed by atoms with van der Waals surface area (Å²) in [6, 6.07) is 0. The molecule has 1 heterocycles. The van der Waals surface area contributed by atoms with E-state index < -0.39 is 0 Å². The molecule has 0 atom stereocenters. The largest absolute Gasteiger partial charge is 0.377 e. The quantitative estimate of drug-likeness (QED) is 0.408. The normalized spacial score (nSPS) is 24.0. The minimum Gasteiger partial charge on any atom is -0.377 e. The van der Waals surface area contributed by atoms with Gasteiger partial charge in [0.05, 0.1) is 23.3 Å². The van der Waals surface area contributed by atoms with Gasteiger partial charge in [-0.15, -0.1) is 0 Å². The van der Waals surface area contributed by atoms with Gasteiger partial charge in [0.25, 0.3) is 0 Å². The van der Waals surface area contributed by atoms with E-state index in [2.05, 4.69) is 41.5 Å².